The van der Waals surface area contributed by atoms with Crippen molar-refractivity contribution in [2.75, 3.05) is 11.9 Å². The molecule has 0 aromatic carbocycles. The largest absolute Gasteiger partial charge is 0.444 e. The lowest BCUT2D eigenvalue weighted by atomic mass is 10.3. The molecule has 0 aliphatic heterocycles. The first-order valence-electron chi connectivity index (χ1n) is 4.84. The molecule has 1 aliphatic rings. The van der Waals surface area contributed by atoms with Gasteiger partial charge in [0.1, 0.15) is 0 Å². The van der Waals surface area contributed by atoms with Crippen molar-refractivity contribution in [3.63, 3.8) is 0 Å². The molecule has 1 amide bonds. The first-order chi connectivity index (χ1) is 7.22. The molecule has 0 spiro atoms. The van der Waals surface area contributed by atoms with Crippen molar-refractivity contribution in [3.8, 4) is 0 Å². The molecule has 1 aliphatic carbocycles. The molecule has 5 heteroatoms. The van der Waals surface area contributed by atoms with Crippen molar-refractivity contribution in [2.24, 2.45) is 0 Å². The Morgan fingerprint density at radius 3 is 2.73 bits per heavy atom. The number of rotatable bonds is 4. The van der Waals surface area contributed by atoms with Gasteiger partial charge in [-0.05, 0) is 40.9 Å². The molecule has 15 heavy (non-hydrogen) atoms. The number of furan rings is 1. The van der Waals surface area contributed by atoms with Gasteiger partial charge in [0.15, 0.2) is 10.4 Å². The molecule has 82 valence electrons. The number of hydrogen-bond donors (Lipinski definition) is 0. The van der Waals surface area contributed by atoms with E-state index in [1.165, 1.54) is 0 Å². The van der Waals surface area contributed by atoms with Gasteiger partial charge in [-0.3, -0.25) is 4.79 Å². The van der Waals surface area contributed by atoms with Crippen molar-refractivity contribution in [1.29, 1.82) is 0 Å². The number of alkyl halides is 1. The fourth-order valence-electron chi connectivity index (χ4n) is 1.50. The van der Waals surface area contributed by atoms with Crippen LogP contribution in [-0.4, -0.2) is 28.7 Å². The van der Waals surface area contributed by atoms with Crippen LogP contribution in [0.4, 0.5) is 0 Å². The highest BCUT2D eigenvalue weighted by atomic mass is 79.9. The summed E-state index contributed by atoms with van der Waals surface area (Å²) in [6.45, 7) is 0.738. The monoisotopic (exact) mass is 335 g/mol. The first-order valence-corrected chi connectivity index (χ1v) is 6.76. The summed E-state index contributed by atoms with van der Waals surface area (Å²) in [4.78, 5) is 13.9. The number of nitrogens with zero attached hydrogens (tertiary/aromatic N) is 1. The topological polar surface area (TPSA) is 33.5 Å². The molecule has 1 heterocycles. The Bertz CT molecular complexity index is 360. The third kappa shape index (κ3) is 2.64. The number of hydrogen-bond acceptors (Lipinski definition) is 2. The zero-order valence-electron chi connectivity index (χ0n) is 8.08. The van der Waals surface area contributed by atoms with E-state index in [9.17, 15) is 4.79 Å². The lowest BCUT2D eigenvalue weighted by molar-refractivity contribution is 0.0721. The van der Waals surface area contributed by atoms with E-state index in [-0.39, 0.29) is 5.91 Å². The molecule has 0 saturated heterocycles. The van der Waals surface area contributed by atoms with Crippen molar-refractivity contribution in [3.05, 3.63) is 22.6 Å². The van der Waals surface area contributed by atoms with Gasteiger partial charge in [-0.15, -0.1) is 0 Å². The van der Waals surface area contributed by atoms with Crippen molar-refractivity contribution >= 4 is 37.8 Å². The standard InChI is InChI=1S/C10H11Br2NO2/c11-5-6-13(7-1-2-7)10(14)8-3-4-9(12)15-8/h3-4,7H,1-2,5-6H2. The summed E-state index contributed by atoms with van der Waals surface area (Å²) in [7, 11) is 0. The SMILES string of the molecule is O=C(c1ccc(Br)o1)N(CCBr)C1CC1. The molecule has 3 nitrogen and oxygen atoms in total. The molecule has 0 N–H and O–H groups in total. The number of amides is 1. The van der Waals surface area contributed by atoms with E-state index in [2.05, 4.69) is 31.9 Å². The third-order valence-electron chi connectivity index (χ3n) is 2.36. The summed E-state index contributed by atoms with van der Waals surface area (Å²) >= 11 is 6.55. The zero-order valence-corrected chi connectivity index (χ0v) is 11.3. The zero-order chi connectivity index (χ0) is 10.8. The second kappa shape index (κ2) is 4.70. The highest BCUT2D eigenvalue weighted by Crippen LogP contribution is 2.28. The van der Waals surface area contributed by atoms with Crippen LogP contribution in [0, 0.1) is 0 Å². The third-order valence-corrected chi connectivity index (χ3v) is 3.14. The molecular weight excluding hydrogens is 326 g/mol. The van der Waals surface area contributed by atoms with Gasteiger partial charge in [0.25, 0.3) is 5.91 Å². The minimum Gasteiger partial charge on any atom is -0.444 e. The summed E-state index contributed by atoms with van der Waals surface area (Å²) in [6.07, 6.45) is 2.22. The van der Waals surface area contributed by atoms with Gasteiger partial charge in [-0.2, -0.15) is 0 Å². The van der Waals surface area contributed by atoms with E-state index in [4.69, 9.17) is 4.42 Å². The Balaban J connectivity index is 2.10. The maximum absolute atomic E-state index is 12.0. The second-order valence-corrected chi connectivity index (χ2v) is 5.10. The highest BCUT2D eigenvalue weighted by Gasteiger charge is 2.33. The minimum absolute atomic E-state index is 0.0114. The van der Waals surface area contributed by atoms with Crippen LogP contribution in [0.15, 0.2) is 21.2 Å². The highest BCUT2D eigenvalue weighted by molar-refractivity contribution is 9.10. The van der Waals surface area contributed by atoms with E-state index in [0.717, 1.165) is 24.7 Å². The quantitative estimate of drug-likeness (QED) is 0.792. The van der Waals surface area contributed by atoms with Crippen molar-refractivity contribution < 1.29 is 9.21 Å². The van der Waals surface area contributed by atoms with Gasteiger partial charge >= 0.3 is 0 Å². The maximum atomic E-state index is 12.0. The Labute approximate surface area is 105 Å². The van der Waals surface area contributed by atoms with Crippen LogP contribution in [0.5, 0.6) is 0 Å². The summed E-state index contributed by atoms with van der Waals surface area (Å²) in [5.74, 6) is 0.400. The van der Waals surface area contributed by atoms with Crippen LogP contribution in [0.3, 0.4) is 0 Å². The molecule has 1 aromatic heterocycles. The van der Waals surface area contributed by atoms with Gasteiger partial charge in [-0.25, -0.2) is 0 Å². The van der Waals surface area contributed by atoms with Crippen LogP contribution >= 0.6 is 31.9 Å². The van der Waals surface area contributed by atoms with Gasteiger partial charge < -0.3 is 9.32 Å². The summed E-state index contributed by atoms with van der Waals surface area (Å²) in [6, 6.07) is 3.86. The van der Waals surface area contributed by atoms with E-state index < -0.39 is 0 Å². The summed E-state index contributed by atoms with van der Waals surface area (Å²) in [5, 5.41) is 0.803. The van der Waals surface area contributed by atoms with E-state index in [1.54, 1.807) is 12.1 Å². The lowest BCUT2D eigenvalue weighted by Crippen LogP contribution is -2.34. The molecule has 0 unspecified atom stereocenters. The predicted molar refractivity (Wildman–Crippen MR) is 64.3 cm³/mol. The van der Waals surface area contributed by atoms with Crippen molar-refractivity contribution in [1.82, 2.24) is 4.90 Å². The van der Waals surface area contributed by atoms with Gasteiger partial charge in [0.2, 0.25) is 0 Å². The lowest BCUT2D eigenvalue weighted by Gasteiger charge is -2.19. The fraction of sp³-hybridized carbons (Fsp3) is 0.500. The molecule has 1 saturated carbocycles. The van der Waals surface area contributed by atoms with E-state index in [1.807, 2.05) is 4.90 Å². The number of carbonyl (C=O) groups is 1. The second-order valence-electron chi connectivity index (χ2n) is 3.52. The van der Waals surface area contributed by atoms with Crippen LogP contribution in [-0.2, 0) is 0 Å². The Hall–Kier alpha value is -0.290. The predicted octanol–water partition coefficient (Wildman–Crippen LogP) is 3.04. The molecule has 0 radical (unpaired) electrons. The van der Waals surface area contributed by atoms with Gasteiger partial charge in [0.05, 0.1) is 0 Å². The molecule has 0 atom stereocenters. The number of carbonyl (C=O) groups excluding carboxylic acids is 1. The van der Waals surface area contributed by atoms with E-state index >= 15 is 0 Å². The normalized spacial score (nSPS) is 15.3. The minimum atomic E-state index is -0.0114. The van der Waals surface area contributed by atoms with Crippen LogP contribution in [0.25, 0.3) is 0 Å². The smallest absolute Gasteiger partial charge is 0.289 e. The Kier molecular flexibility index (Phi) is 3.51. The van der Waals surface area contributed by atoms with Gasteiger partial charge in [-0.1, -0.05) is 15.9 Å². The van der Waals surface area contributed by atoms with Crippen LogP contribution in [0.1, 0.15) is 23.4 Å². The first kappa shape index (κ1) is 11.2. The fourth-order valence-corrected chi connectivity index (χ4v) is 2.19. The molecule has 1 aromatic rings. The average Bonchev–Trinajstić information content (AvgIpc) is 2.96. The van der Waals surface area contributed by atoms with E-state index in [0.29, 0.717) is 16.5 Å². The number of halogens is 2. The van der Waals surface area contributed by atoms with Gasteiger partial charge in [0, 0.05) is 17.9 Å². The summed E-state index contributed by atoms with van der Waals surface area (Å²) < 4.78 is 5.86. The molecular formula is C10H11Br2NO2. The Morgan fingerprint density at radius 1 is 1.53 bits per heavy atom. The van der Waals surface area contributed by atoms with Crippen LogP contribution in [0.2, 0.25) is 0 Å². The average molecular weight is 337 g/mol. The van der Waals surface area contributed by atoms with Crippen LogP contribution < -0.4 is 0 Å². The maximum Gasteiger partial charge on any atom is 0.289 e. The summed E-state index contributed by atoms with van der Waals surface area (Å²) in [5.41, 5.74) is 0. The van der Waals surface area contributed by atoms with Crippen molar-refractivity contribution in [2.45, 2.75) is 18.9 Å². The molecule has 2 rings (SSSR count). The molecule has 0 bridgehead atoms. The molecule has 1 fully saturated rings. The Morgan fingerprint density at radius 2 is 2.27 bits per heavy atom.